The van der Waals surface area contributed by atoms with E-state index in [0.29, 0.717) is 18.9 Å². The van der Waals surface area contributed by atoms with Crippen LogP contribution in [-0.2, 0) is 11.3 Å². The van der Waals surface area contributed by atoms with E-state index in [1.807, 2.05) is 0 Å². The third kappa shape index (κ3) is 4.03. The van der Waals surface area contributed by atoms with E-state index in [4.69, 9.17) is 10.8 Å². The Kier molecular flexibility index (Phi) is 4.11. The van der Waals surface area contributed by atoms with E-state index in [0.717, 1.165) is 18.4 Å². The van der Waals surface area contributed by atoms with Crippen molar-refractivity contribution >= 4 is 11.9 Å². The molecule has 1 aliphatic rings. The molecule has 1 heterocycles. The fourth-order valence-corrected chi connectivity index (χ4v) is 1.83. The quantitative estimate of drug-likeness (QED) is 0.694. The van der Waals surface area contributed by atoms with Crippen LogP contribution >= 0.6 is 0 Å². The summed E-state index contributed by atoms with van der Waals surface area (Å²) in [4.78, 5) is 26.0. The Morgan fingerprint density at radius 1 is 1.47 bits per heavy atom. The first-order valence-corrected chi connectivity index (χ1v) is 6.27. The number of carbonyl (C=O) groups excluding carboxylic acids is 1. The van der Waals surface area contributed by atoms with Gasteiger partial charge in [-0.1, -0.05) is 6.07 Å². The largest absolute Gasteiger partial charge is 0.477 e. The van der Waals surface area contributed by atoms with Crippen LogP contribution in [0.25, 0.3) is 0 Å². The first-order valence-electron chi connectivity index (χ1n) is 6.27. The minimum absolute atomic E-state index is 0.00849. The second-order valence-electron chi connectivity index (χ2n) is 4.84. The molecule has 0 aliphatic heterocycles. The molecule has 19 heavy (non-hydrogen) atoms. The monoisotopic (exact) mass is 263 g/mol. The normalized spacial score (nSPS) is 15.8. The number of carboxylic acids is 1. The highest BCUT2D eigenvalue weighted by molar-refractivity contribution is 5.85. The van der Waals surface area contributed by atoms with Crippen molar-refractivity contribution in [2.75, 3.05) is 0 Å². The molecular weight excluding hydrogens is 246 g/mol. The molecule has 6 heteroatoms. The van der Waals surface area contributed by atoms with Gasteiger partial charge < -0.3 is 16.2 Å². The van der Waals surface area contributed by atoms with Crippen LogP contribution in [0.3, 0.4) is 0 Å². The first kappa shape index (κ1) is 13.5. The maximum absolute atomic E-state index is 11.6. The van der Waals surface area contributed by atoms with Gasteiger partial charge in [0.15, 0.2) is 0 Å². The molecule has 1 aliphatic carbocycles. The van der Waals surface area contributed by atoms with Gasteiger partial charge in [0, 0.05) is 25.2 Å². The summed E-state index contributed by atoms with van der Waals surface area (Å²) in [6.07, 6.45) is 4.03. The van der Waals surface area contributed by atoms with Crippen LogP contribution < -0.4 is 11.1 Å². The third-order valence-electron chi connectivity index (χ3n) is 3.18. The van der Waals surface area contributed by atoms with E-state index in [2.05, 4.69) is 10.3 Å². The van der Waals surface area contributed by atoms with E-state index in [1.54, 1.807) is 6.07 Å². The molecule has 1 fully saturated rings. The van der Waals surface area contributed by atoms with E-state index in [1.165, 1.54) is 12.3 Å². The number of aromatic nitrogens is 1. The minimum atomic E-state index is -1.06. The SMILES string of the molecule is NC(CC(=O)NCc1ccc(C(=O)O)nc1)C1CC1. The summed E-state index contributed by atoms with van der Waals surface area (Å²) >= 11 is 0. The van der Waals surface area contributed by atoms with Crippen molar-refractivity contribution in [3.63, 3.8) is 0 Å². The molecule has 0 bridgehead atoms. The molecule has 0 radical (unpaired) electrons. The standard InChI is InChI=1S/C13H17N3O3/c14-10(9-2-3-9)5-12(17)16-7-8-1-4-11(13(18)19)15-6-8/h1,4,6,9-10H,2-3,5,7,14H2,(H,16,17)(H,18,19). The van der Waals surface area contributed by atoms with Gasteiger partial charge in [-0.2, -0.15) is 0 Å². The molecule has 4 N–H and O–H groups in total. The van der Waals surface area contributed by atoms with E-state index < -0.39 is 5.97 Å². The fourth-order valence-electron chi connectivity index (χ4n) is 1.83. The van der Waals surface area contributed by atoms with Crippen molar-refractivity contribution < 1.29 is 14.7 Å². The summed E-state index contributed by atoms with van der Waals surface area (Å²) in [5, 5.41) is 11.5. The molecule has 0 spiro atoms. The van der Waals surface area contributed by atoms with Crippen molar-refractivity contribution in [3.8, 4) is 0 Å². The average molecular weight is 263 g/mol. The van der Waals surface area contributed by atoms with Crippen LogP contribution in [0, 0.1) is 5.92 Å². The number of carboxylic acid groups (broad SMARTS) is 1. The molecule has 6 nitrogen and oxygen atoms in total. The summed E-state index contributed by atoms with van der Waals surface area (Å²) in [5.74, 6) is -0.644. The van der Waals surface area contributed by atoms with Crippen LogP contribution in [0.1, 0.15) is 35.3 Å². The zero-order valence-electron chi connectivity index (χ0n) is 10.5. The van der Waals surface area contributed by atoms with Crippen molar-refractivity contribution in [3.05, 3.63) is 29.6 Å². The summed E-state index contributed by atoms with van der Waals surface area (Å²) in [5.41, 5.74) is 6.62. The smallest absolute Gasteiger partial charge is 0.354 e. The summed E-state index contributed by atoms with van der Waals surface area (Å²) in [7, 11) is 0. The number of carbonyl (C=O) groups is 2. The Balaban J connectivity index is 1.77. The molecule has 1 atom stereocenters. The lowest BCUT2D eigenvalue weighted by atomic mass is 10.1. The fraction of sp³-hybridized carbons (Fsp3) is 0.462. The number of hydrogen-bond donors (Lipinski definition) is 3. The lowest BCUT2D eigenvalue weighted by molar-refractivity contribution is -0.121. The van der Waals surface area contributed by atoms with Gasteiger partial charge in [-0.15, -0.1) is 0 Å². The number of hydrogen-bond acceptors (Lipinski definition) is 4. The maximum Gasteiger partial charge on any atom is 0.354 e. The van der Waals surface area contributed by atoms with Gasteiger partial charge >= 0.3 is 5.97 Å². The first-order chi connectivity index (χ1) is 9.06. The summed E-state index contributed by atoms with van der Waals surface area (Å²) in [6, 6.07) is 3.00. The number of pyridine rings is 1. The minimum Gasteiger partial charge on any atom is -0.477 e. The molecule has 102 valence electrons. The molecule has 1 amide bonds. The van der Waals surface area contributed by atoms with Gasteiger partial charge in [0.25, 0.3) is 0 Å². The molecule has 2 rings (SSSR count). The van der Waals surface area contributed by atoms with Gasteiger partial charge in [-0.25, -0.2) is 9.78 Å². The van der Waals surface area contributed by atoms with Crippen molar-refractivity contribution in [2.45, 2.75) is 31.8 Å². The lowest BCUT2D eigenvalue weighted by Crippen LogP contribution is -2.32. The van der Waals surface area contributed by atoms with E-state index in [-0.39, 0.29) is 17.6 Å². The Morgan fingerprint density at radius 3 is 2.74 bits per heavy atom. The van der Waals surface area contributed by atoms with Gasteiger partial charge in [0.2, 0.25) is 5.91 Å². The summed E-state index contributed by atoms with van der Waals surface area (Å²) < 4.78 is 0. The lowest BCUT2D eigenvalue weighted by Gasteiger charge is -2.10. The van der Waals surface area contributed by atoms with Crippen molar-refractivity contribution in [1.82, 2.24) is 10.3 Å². The number of nitrogens with two attached hydrogens (primary N) is 1. The Bertz CT molecular complexity index is 469. The van der Waals surface area contributed by atoms with Crippen molar-refractivity contribution in [1.29, 1.82) is 0 Å². The van der Waals surface area contributed by atoms with Gasteiger partial charge in [-0.3, -0.25) is 4.79 Å². The van der Waals surface area contributed by atoms with E-state index in [9.17, 15) is 9.59 Å². The predicted octanol–water partition coefficient (Wildman–Crippen LogP) is 0.523. The zero-order chi connectivity index (χ0) is 13.8. The van der Waals surface area contributed by atoms with Crippen LogP contribution in [0.5, 0.6) is 0 Å². The van der Waals surface area contributed by atoms with Crippen molar-refractivity contribution in [2.24, 2.45) is 11.7 Å². The number of amides is 1. The maximum atomic E-state index is 11.6. The molecular formula is C13H17N3O3. The second kappa shape index (κ2) is 5.79. The molecule has 1 unspecified atom stereocenters. The summed E-state index contributed by atoms with van der Waals surface area (Å²) in [6.45, 7) is 0.336. The Hall–Kier alpha value is -1.95. The highest BCUT2D eigenvalue weighted by atomic mass is 16.4. The number of rotatable bonds is 6. The number of nitrogens with zero attached hydrogens (tertiary/aromatic N) is 1. The van der Waals surface area contributed by atoms with Gasteiger partial charge in [-0.05, 0) is 30.4 Å². The van der Waals surface area contributed by atoms with Gasteiger partial charge in [0.05, 0.1) is 0 Å². The molecule has 1 aromatic heterocycles. The van der Waals surface area contributed by atoms with E-state index >= 15 is 0 Å². The third-order valence-corrected chi connectivity index (χ3v) is 3.18. The average Bonchev–Trinajstić information content (AvgIpc) is 3.21. The topological polar surface area (TPSA) is 105 Å². The number of aromatic carboxylic acids is 1. The molecule has 1 saturated carbocycles. The van der Waals surface area contributed by atoms with Gasteiger partial charge in [0.1, 0.15) is 5.69 Å². The highest BCUT2D eigenvalue weighted by Crippen LogP contribution is 2.32. The molecule has 0 saturated heterocycles. The van der Waals surface area contributed by atoms with Crippen LogP contribution in [0.4, 0.5) is 0 Å². The second-order valence-corrected chi connectivity index (χ2v) is 4.84. The molecule has 1 aromatic rings. The van der Waals surface area contributed by atoms with Crippen LogP contribution in [0.2, 0.25) is 0 Å². The predicted molar refractivity (Wildman–Crippen MR) is 68.4 cm³/mol. The Labute approximate surface area is 111 Å². The van der Waals surface area contributed by atoms with Crippen LogP contribution in [0.15, 0.2) is 18.3 Å². The molecule has 0 aromatic carbocycles. The highest BCUT2D eigenvalue weighted by Gasteiger charge is 2.29. The number of nitrogens with one attached hydrogen (secondary N) is 1. The van der Waals surface area contributed by atoms with Crippen LogP contribution in [-0.4, -0.2) is 28.0 Å². The Morgan fingerprint density at radius 2 is 2.21 bits per heavy atom. The zero-order valence-corrected chi connectivity index (χ0v) is 10.5.